The lowest BCUT2D eigenvalue weighted by atomic mass is 9.84. The van der Waals surface area contributed by atoms with Gasteiger partial charge in [-0.3, -0.25) is 14.4 Å². The van der Waals surface area contributed by atoms with Gasteiger partial charge in [-0.05, 0) is 60.8 Å². The van der Waals surface area contributed by atoms with Crippen LogP contribution in [-0.2, 0) is 9.59 Å². The van der Waals surface area contributed by atoms with Gasteiger partial charge in [0.15, 0.2) is 10.1 Å². The van der Waals surface area contributed by atoms with Crippen molar-refractivity contribution in [3.05, 3.63) is 65.7 Å². The Balaban J connectivity index is 1.03. The molecule has 2 bridgehead atoms. The van der Waals surface area contributed by atoms with Crippen molar-refractivity contribution in [2.45, 2.75) is 48.8 Å². The minimum absolute atomic E-state index is 0.0644. The molecule has 2 amide bonds. The van der Waals surface area contributed by atoms with Gasteiger partial charge in [-0.25, -0.2) is 9.88 Å². The van der Waals surface area contributed by atoms with Crippen LogP contribution in [0.4, 0.5) is 5.69 Å². The van der Waals surface area contributed by atoms with Crippen LogP contribution in [0.15, 0.2) is 59.0 Å². The molecule has 3 aliphatic carbocycles. The fourth-order valence-corrected chi connectivity index (χ4v) is 8.83. The fourth-order valence-electron chi connectivity index (χ4n) is 6.84. The number of thioether (sulfide) groups is 1. The van der Waals surface area contributed by atoms with Crippen LogP contribution in [0.3, 0.4) is 0 Å². The summed E-state index contributed by atoms with van der Waals surface area (Å²) < 4.78 is 1.74. The fraction of sp³-hybridized carbons (Fsp3) is 0.400. The molecule has 4 atom stereocenters. The minimum Gasteiger partial charge on any atom is -0.293 e. The number of benzene rings is 2. The smallest absolute Gasteiger partial charge is 0.238 e. The molecule has 0 radical (unpaired) electrons. The van der Waals surface area contributed by atoms with Gasteiger partial charge in [0.1, 0.15) is 0 Å². The molecule has 1 aliphatic heterocycles. The summed E-state index contributed by atoms with van der Waals surface area (Å²) in [6, 6.07) is 13.8. The molecule has 5 nitrogen and oxygen atoms in total. The van der Waals surface area contributed by atoms with E-state index < -0.39 is 0 Å². The third kappa shape index (κ3) is 3.98. The number of hydrogen-bond acceptors (Lipinski definition) is 6. The summed E-state index contributed by atoms with van der Waals surface area (Å²) in [5.41, 5.74) is 3.55. The molecule has 3 aromatic rings. The highest BCUT2D eigenvalue weighted by molar-refractivity contribution is 8.01. The molecule has 2 aromatic carbocycles. The van der Waals surface area contributed by atoms with E-state index >= 15 is 0 Å². The SMILES string of the molecule is O=C(CSc1nc2ccc(N3C(=O)[C@H]4[C@H](C3=O)[C@H]3C=C[C@H]4C3)cc2s1)c1ccc(C2CCCCC2)cc1. The Morgan fingerprint density at radius 2 is 1.65 bits per heavy atom. The maximum atomic E-state index is 13.2. The van der Waals surface area contributed by atoms with Gasteiger partial charge in [-0.1, -0.05) is 67.4 Å². The molecule has 1 saturated heterocycles. The molecular formula is C30H28N2O3S2. The summed E-state index contributed by atoms with van der Waals surface area (Å²) in [5, 5.41) is 0. The Morgan fingerprint density at radius 1 is 0.946 bits per heavy atom. The molecule has 4 aliphatic rings. The zero-order valence-electron chi connectivity index (χ0n) is 20.5. The summed E-state index contributed by atoms with van der Waals surface area (Å²) in [5.74, 6) is 0.941. The van der Waals surface area contributed by atoms with Gasteiger partial charge in [0.05, 0.1) is 33.5 Å². The van der Waals surface area contributed by atoms with Gasteiger partial charge in [-0.2, -0.15) is 0 Å². The van der Waals surface area contributed by atoms with Gasteiger partial charge >= 0.3 is 0 Å². The van der Waals surface area contributed by atoms with Crippen LogP contribution in [-0.4, -0.2) is 28.3 Å². The third-order valence-corrected chi connectivity index (χ3v) is 10.9. The molecule has 2 heterocycles. The second-order valence-corrected chi connectivity index (χ2v) is 13.1. The number of amides is 2. The van der Waals surface area contributed by atoms with Crippen LogP contribution < -0.4 is 4.90 Å². The van der Waals surface area contributed by atoms with Crippen molar-refractivity contribution in [2.24, 2.45) is 23.7 Å². The molecule has 2 saturated carbocycles. The van der Waals surface area contributed by atoms with E-state index in [2.05, 4.69) is 29.3 Å². The first-order chi connectivity index (χ1) is 18.1. The average Bonchev–Trinajstić information content (AvgIpc) is 3.70. The third-order valence-electron chi connectivity index (χ3n) is 8.72. The molecule has 188 valence electrons. The highest BCUT2D eigenvalue weighted by Gasteiger charge is 2.59. The average molecular weight is 529 g/mol. The lowest BCUT2D eigenvalue weighted by molar-refractivity contribution is -0.123. The van der Waals surface area contributed by atoms with Crippen molar-refractivity contribution in [2.75, 3.05) is 10.7 Å². The first kappa shape index (κ1) is 23.4. The minimum atomic E-state index is -0.200. The monoisotopic (exact) mass is 528 g/mol. The number of nitrogens with zero attached hydrogens (tertiary/aromatic N) is 2. The van der Waals surface area contributed by atoms with Crippen LogP contribution in [0.5, 0.6) is 0 Å². The van der Waals surface area contributed by atoms with Crippen molar-refractivity contribution in [1.82, 2.24) is 4.98 Å². The molecule has 37 heavy (non-hydrogen) atoms. The summed E-state index contributed by atoms with van der Waals surface area (Å²) in [6.07, 6.45) is 11.6. The van der Waals surface area contributed by atoms with Crippen LogP contribution in [0, 0.1) is 23.7 Å². The Hall–Kier alpha value is -2.77. The van der Waals surface area contributed by atoms with Crippen LogP contribution in [0.1, 0.15) is 60.4 Å². The Bertz CT molecular complexity index is 1410. The number of carbonyl (C=O) groups is 3. The predicted octanol–water partition coefficient (Wildman–Crippen LogP) is 6.63. The first-order valence-electron chi connectivity index (χ1n) is 13.3. The highest BCUT2D eigenvalue weighted by atomic mass is 32.2. The molecule has 0 spiro atoms. The van der Waals surface area contributed by atoms with E-state index in [4.69, 9.17) is 0 Å². The molecule has 0 N–H and O–H groups in total. The van der Waals surface area contributed by atoms with E-state index in [1.54, 1.807) is 0 Å². The number of imide groups is 1. The normalized spacial score (nSPS) is 27.0. The number of thiazole rings is 1. The number of hydrogen-bond donors (Lipinski definition) is 0. The van der Waals surface area contributed by atoms with Crippen LogP contribution in [0.2, 0.25) is 0 Å². The van der Waals surface area contributed by atoms with Gasteiger partial charge in [-0.15, -0.1) is 11.3 Å². The lowest BCUT2D eigenvalue weighted by Crippen LogP contribution is -2.32. The van der Waals surface area contributed by atoms with E-state index in [1.807, 2.05) is 30.3 Å². The zero-order valence-corrected chi connectivity index (χ0v) is 22.1. The molecule has 1 aromatic heterocycles. The highest BCUT2D eigenvalue weighted by Crippen LogP contribution is 2.53. The number of aromatic nitrogens is 1. The maximum Gasteiger partial charge on any atom is 0.238 e. The number of rotatable bonds is 6. The van der Waals surface area contributed by atoms with Gasteiger partial charge in [0, 0.05) is 5.56 Å². The zero-order chi connectivity index (χ0) is 25.1. The predicted molar refractivity (Wildman–Crippen MR) is 147 cm³/mol. The van der Waals surface area contributed by atoms with Crippen LogP contribution >= 0.6 is 23.1 Å². The van der Waals surface area contributed by atoms with E-state index in [9.17, 15) is 14.4 Å². The molecule has 3 fully saturated rings. The first-order valence-corrected chi connectivity index (χ1v) is 15.1. The van der Waals surface area contributed by atoms with Gasteiger partial charge in [0.25, 0.3) is 0 Å². The number of carbonyl (C=O) groups excluding carboxylic acids is 3. The number of fused-ring (bicyclic) bond motifs is 6. The molecule has 0 unspecified atom stereocenters. The lowest BCUT2D eigenvalue weighted by Gasteiger charge is -2.22. The molecular weight excluding hydrogens is 500 g/mol. The van der Waals surface area contributed by atoms with E-state index in [0.29, 0.717) is 17.4 Å². The van der Waals surface area contributed by atoms with Gasteiger partial charge in [0.2, 0.25) is 11.8 Å². The number of allylic oxidation sites excluding steroid dienone is 2. The summed E-state index contributed by atoms with van der Waals surface area (Å²) in [7, 11) is 0. The molecule has 7 rings (SSSR count). The quantitative estimate of drug-likeness (QED) is 0.155. The Labute approximate surface area is 224 Å². The number of Topliss-reactive ketones (excluding diaryl/α,β-unsaturated/α-hetero) is 1. The number of ketones is 1. The van der Waals surface area contributed by atoms with E-state index in [1.165, 1.54) is 65.7 Å². The summed E-state index contributed by atoms with van der Waals surface area (Å²) in [6.45, 7) is 0. The maximum absolute atomic E-state index is 13.2. The molecule has 7 heteroatoms. The van der Waals surface area contributed by atoms with Crippen molar-refractivity contribution in [1.29, 1.82) is 0 Å². The van der Waals surface area contributed by atoms with Crippen LogP contribution in [0.25, 0.3) is 10.2 Å². The van der Waals surface area contributed by atoms with Crippen molar-refractivity contribution < 1.29 is 14.4 Å². The summed E-state index contributed by atoms with van der Waals surface area (Å²) in [4.78, 5) is 45.3. The topological polar surface area (TPSA) is 67.3 Å². The Morgan fingerprint density at radius 3 is 2.35 bits per heavy atom. The van der Waals surface area contributed by atoms with E-state index in [-0.39, 0.29) is 41.3 Å². The van der Waals surface area contributed by atoms with E-state index in [0.717, 1.165) is 26.5 Å². The van der Waals surface area contributed by atoms with Crippen molar-refractivity contribution >= 4 is 56.6 Å². The van der Waals surface area contributed by atoms with Gasteiger partial charge < -0.3 is 0 Å². The summed E-state index contributed by atoms with van der Waals surface area (Å²) >= 11 is 2.95. The number of anilines is 1. The second kappa shape index (κ2) is 9.21. The second-order valence-electron chi connectivity index (χ2n) is 10.8. The standard InChI is InChI=1S/C30H28N2O3S2/c33-24(19-8-6-18(7-9-19)17-4-2-1-3-5-17)16-36-30-31-23-13-12-22(15-25(23)37-30)32-28(34)26-20-10-11-21(14-20)27(26)29(32)35/h6-13,15,17,20-21,26-27H,1-5,14,16H2/t20-,21-,26+,27+/m0/s1. The Kier molecular flexibility index (Phi) is 5.81. The largest absolute Gasteiger partial charge is 0.293 e. The van der Waals surface area contributed by atoms with Crippen molar-refractivity contribution in [3.8, 4) is 0 Å². The van der Waals surface area contributed by atoms with Crippen molar-refractivity contribution in [3.63, 3.8) is 0 Å².